The zero-order chi connectivity index (χ0) is 11.0. The van der Waals surface area contributed by atoms with Gasteiger partial charge in [0, 0.05) is 12.1 Å². The van der Waals surface area contributed by atoms with E-state index in [0.717, 1.165) is 18.4 Å². The number of rotatable bonds is 1. The molecule has 0 aromatic heterocycles. The standard InChI is InChI=1S/C14H19NO/c16-14(11-5-2-1-3-6-11)9-12-7-4-8-13(10-14)15-12/h1-3,5-6,12-13,15-16H,4,7-10H2. The van der Waals surface area contributed by atoms with Crippen molar-refractivity contribution < 1.29 is 5.11 Å². The molecule has 0 aliphatic carbocycles. The van der Waals surface area contributed by atoms with Crippen molar-refractivity contribution in [2.24, 2.45) is 0 Å². The lowest BCUT2D eigenvalue weighted by Gasteiger charge is -2.45. The normalized spacial score (nSPS) is 38.3. The zero-order valence-corrected chi connectivity index (χ0v) is 9.52. The molecule has 0 amide bonds. The second kappa shape index (κ2) is 3.86. The molecule has 1 aromatic carbocycles. The van der Waals surface area contributed by atoms with E-state index in [1.807, 2.05) is 18.2 Å². The second-order valence-electron chi connectivity index (χ2n) is 5.30. The highest BCUT2D eigenvalue weighted by atomic mass is 16.3. The molecule has 3 rings (SSSR count). The molecule has 2 N–H and O–H groups in total. The Morgan fingerprint density at radius 2 is 1.69 bits per heavy atom. The first-order valence-electron chi connectivity index (χ1n) is 6.30. The van der Waals surface area contributed by atoms with Crippen LogP contribution in [-0.2, 0) is 5.60 Å². The van der Waals surface area contributed by atoms with Crippen LogP contribution in [0, 0.1) is 0 Å². The number of benzene rings is 1. The molecule has 2 heterocycles. The number of hydrogen-bond acceptors (Lipinski definition) is 2. The van der Waals surface area contributed by atoms with E-state index in [-0.39, 0.29) is 0 Å². The predicted octanol–water partition coefficient (Wildman–Crippen LogP) is 2.18. The number of aliphatic hydroxyl groups is 1. The largest absolute Gasteiger partial charge is 0.385 e. The Labute approximate surface area is 96.7 Å². The summed E-state index contributed by atoms with van der Waals surface area (Å²) < 4.78 is 0. The minimum atomic E-state index is -0.595. The maximum absolute atomic E-state index is 10.8. The van der Waals surface area contributed by atoms with E-state index >= 15 is 0 Å². The lowest BCUT2D eigenvalue weighted by Crippen LogP contribution is -2.54. The number of nitrogens with one attached hydrogen (secondary N) is 1. The van der Waals surface area contributed by atoms with Gasteiger partial charge in [0.25, 0.3) is 0 Å². The van der Waals surface area contributed by atoms with E-state index in [1.54, 1.807) is 0 Å². The Hall–Kier alpha value is -0.860. The topological polar surface area (TPSA) is 32.3 Å². The highest BCUT2D eigenvalue weighted by Crippen LogP contribution is 2.39. The van der Waals surface area contributed by atoms with Gasteiger partial charge in [0.1, 0.15) is 0 Å². The molecule has 86 valence electrons. The van der Waals surface area contributed by atoms with Crippen LogP contribution in [0.4, 0.5) is 0 Å². The third kappa shape index (κ3) is 1.76. The van der Waals surface area contributed by atoms with Gasteiger partial charge in [0.05, 0.1) is 5.60 Å². The third-order valence-electron chi connectivity index (χ3n) is 4.06. The molecule has 1 aromatic rings. The molecule has 2 bridgehead atoms. The Morgan fingerprint density at radius 1 is 1.06 bits per heavy atom. The summed E-state index contributed by atoms with van der Waals surface area (Å²) in [6, 6.07) is 11.2. The molecule has 0 radical (unpaired) electrons. The maximum Gasteiger partial charge on any atom is 0.0926 e. The molecular weight excluding hydrogens is 198 g/mol. The molecule has 0 spiro atoms. The number of piperidine rings is 2. The third-order valence-corrected chi connectivity index (χ3v) is 4.06. The van der Waals surface area contributed by atoms with E-state index in [1.165, 1.54) is 19.3 Å². The summed E-state index contributed by atoms with van der Waals surface area (Å²) in [7, 11) is 0. The maximum atomic E-state index is 10.8. The predicted molar refractivity (Wildman–Crippen MR) is 64.1 cm³/mol. The average Bonchev–Trinajstić information content (AvgIpc) is 2.29. The van der Waals surface area contributed by atoms with Crippen LogP contribution in [0.2, 0.25) is 0 Å². The fourth-order valence-corrected chi connectivity index (χ4v) is 3.32. The fraction of sp³-hybridized carbons (Fsp3) is 0.571. The summed E-state index contributed by atoms with van der Waals surface area (Å²) in [6.45, 7) is 0. The lowest BCUT2D eigenvalue weighted by atomic mass is 9.74. The van der Waals surface area contributed by atoms with Crippen molar-refractivity contribution in [2.45, 2.75) is 49.8 Å². The summed E-state index contributed by atoms with van der Waals surface area (Å²) in [5.41, 5.74) is 0.496. The molecule has 2 aliphatic heterocycles. The Bertz CT molecular complexity index is 350. The highest BCUT2D eigenvalue weighted by Gasteiger charge is 2.41. The van der Waals surface area contributed by atoms with Crippen LogP contribution in [0.15, 0.2) is 30.3 Å². The van der Waals surface area contributed by atoms with Gasteiger partial charge in [-0.2, -0.15) is 0 Å². The van der Waals surface area contributed by atoms with Crippen molar-refractivity contribution in [2.75, 3.05) is 0 Å². The highest BCUT2D eigenvalue weighted by molar-refractivity contribution is 5.24. The van der Waals surface area contributed by atoms with Crippen LogP contribution >= 0.6 is 0 Å². The van der Waals surface area contributed by atoms with Gasteiger partial charge in [-0.05, 0) is 31.2 Å². The summed E-state index contributed by atoms with van der Waals surface area (Å²) in [5, 5.41) is 14.4. The van der Waals surface area contributed by atoms with E-state index < -0.39 is 5.60 Å². The van der Waals surface area contributed by atoms with E-state index in [2.05, 4.69) is 17.4 Å². The van der Waals surface area contributed by atoms with Crippen LogP contribution < -0.4 is 5.32 Å². The van der Waals surface area contributed by atoms with Crippen molar-refractivity contribution in [1.29, 1.82) is 0 Å². The van der Waals surface area contributed by atoms with E-state index in [4.69, 9.17) is 0 Å². The number of hydrogen-bond donors (Lipinski definition) is 2. The smallest absolute Gasteiger partial charge is 0.0926 e. The van der Waals surface area contributed by atoms with Gasteiger partial charge in [-0.15, -0.1) is 0 Å². The molecule has 0 saturated carbocycles. The molecule has 2 heteroatoms. The second-order valence-corrected chi connectivity index (χ2v) is 5.30. The minimum absolute atomic E-state index is 0.512. The quantitative estimate of drug-likeness (QED) is 0.755. The van der Waals surface area contributed by atoms with Crippen molar-refractivity contribution >= 4 is 0 Å². The summed E-state index contributed by atoms with van der Waals surface area (Å²) in [5.74, 6) is 0. The average molecular weight is 217 g/mol. The van der Waals surface area contributed by atoms with E-state index in [0.29, 0.717) is 12.1 Å². The molecule has 2 fully saturated rings. The fourth-order valence-electron chi connectivity index (χ4n) is 3.32. The first-order valence-corrected chi connectivity index (χ1v) is 6.30. The van der Waals surface area contributed by atoms with Gasteiger partial charge >= 0.3 is 0 Å². The summed E-state index contributed by atoms with van der Waals surface area (Å²) >= 11 is 0. The number of fused-ring (bicyclic) bond motifs is 2. The van der Waals surface area contributed by atoms with Gasteiger partial charge < -0.3 is 10.4 Å². The SMILES string of the molecule is OC1(c2ccccc2)CC2CCCC(C1)N2. The van der Waals surface area contributed by atoms with Crippen molar-refractivity contribution in [3.05, 3.63) is 35.9 Å². The van der Waals surface area contributed by atoms with Gasteiger partial charge in [-0.1, -0.05) is 36.8 Å². The Morgan fingerprint density at radius 3 is 2.31 bits per heavy atom. The monoisotopic (exact) mass is 217 g/mol. The Balaban J connectivity index is 1.88. The van der Waals surface area contributed by atoms with Crippen LogP contribution in [0.5, 0.6) is 0 Å². The van der Waals surface area contributed by atoms with Crippen LogP contribution in [0.1, 0.15) is 37.7 Å². The first-order chi connectivity index (χ1) is 7.76. The lowest BCUT2D eigenvalue weighted by molar-refractivity contribution is -0.0358. The molecular formula is C14H19NO. The molecule has 2 saturated heterocycles. The van der Waals surface area contributed by atoms with Crippen molar-refractivity contribution in [3.63, 3.8) is 0 Å². The van der Waals surface area contributed by atoms with Crippen LogP contribution in [0.25, 0.3) is 0 Å². The van der Waals surface area contributed by atoms with Crippen LogP contribution in [0.3, 0.4) is 0 Å². The van der Waals surface area contributed by atoms with Crippen molar-refractivity contribution in [1.82, 2.24) is 5.32 Å². The summed E-state index contributed by atoms with van der Waals surface area (Å²) in [4.78, 5) is 0. The van der Waals surface area contributed by atoms with Gasteiger partial charge in [-0.3, -0.25) is 0 Å². The molecule has 2 unspecified atom stereocenters. The van der Waals surface area contributed by atoms with Gasteiger partial charge in [0.2, 0.25) is 0 Å². The molecule has 2 nitrogen and oxygen atoms in total. The summed E-state index contributed by atoms with van der Waals surface area (Å²) in [6.07, 6.45) is 5.48. The molecule has 2 aliphatic rings. The Kier molecular flexibility index (Phi) is 2.49. The van der Waals surface area contributed by atoms with Gasteiger partial charge in [-0.25, -0.2) is 0 Å². The minimum Gasteiger partial charge on any atom is -0.385 e. The first kappa shape index (κ1) is 10.3. The molecule has 16 heavy (non-hydrogen) atoms. The van der Waals surface area contributed by atoms with E-state index in [9.17, 15) is 5.11 Å². The van der Waals surface area contributed by atoms with Crippen molar-refractivity contribution in [3.8, 4) is 0 Å². The molecule has 2 atom stereocenters. The zero-order valence-electron chi connectivity index (χ0n) is 9.52. The van der Waals surface area contributed by atoms with Gasteiger partial charge in [0.15, 0.2) is 0 Å². The van der Waals surface area contributed by atoms with Crippen LogP contribution in [-0.4, -0.2) is 17.2 Å².